The van der Waals surface area contributed by atoms with Crippen molar-refractivity contribution in [3.63, 3.8) is 0 Å². The molecule has 4 bridgehead atoms. The van der Waals surface area contributed by atoms with E-state index >= 15 is 0 Å². The van der Waals surface area contributed by atoms with Gasteiger partial charge in [-0.05, 0) is 52.5 Å². The average Bonchev–Trinajstić information content (AvgIpc) is 2.96. The molecule has 0 amide bonds. The van der Waals surface area contributed by atoms with Crippen LogP contribution in [0.5, 0.6) is 11.5 Å². The summed E-state index contributed by atoms with van der Waals surface area (Å²) < 4.78 is 23.1. The van der Waals surface area contributed by atoms with E-state index in [1.54, 1.807) is 0 Å². The zero-order chi connectivity index (χ0) is 31.9. The van der Waals surface area contributed by atoms with Crippen molar-refractivity contribution in [2.45, 2.75) is 26.2 Å². The maximum Gasteiger partial charge on any atom is 0.124 e. The highest BCUT2D eigenvalue weighted by Gasteiger charge is 2.15. The lowest BCUT2D eigenvalue weighted by Crippen LogP contribution is -2.26. The number of phenolic OH excluding ortho intramolecular Hbond substituents is 2. The summed E-state index contributed by atoms with van der Waals surface area (Å²) in [6.45, 7) is 9.20. The van der Waals surface area contributed by atoms with Gasteiger partial charge < -0.3 is 29.2 Å². The monoisotopic (exact) mass is 656 g/mol. The predicted molar refractivity (Wildman–Crippen MR) is 175 cm³/mol. The molecule has 0 fully saturated rings. The second kappa shape index (κ2) is 19.7. The van der Waals surface area contributed by atoms with Crippen LogP contribution in [-0.4, -0.2) is 137 Å². The molecule has 0 saturated carbocycles. The Balaban J connectivity index is 1.57. The molecule has 1 heterocycles. The molecule has 2 N–H and O–H groups in total. The van der Waals surface area contributed by atoms with Gasteiger partial charge in [-0.15, -0.1) is 0 Å². The molecule has 248 valence electrons. The first-order valence-electron chi connectivity index (χ1n) is 15.2. The fourth-order valence-electron chi connectivity index (χ4n) is 4.92. The molecule has 0 radical (unpaired) electrons. The van der Waals surface area contributed by atoms with Crippen LogP contribution in [0, 0.1) is 0 Å². The molecule has 10 nitrogen and oxygen atoms in total. The number of nitrogens with zero attached hydrogens (tertiary/aromatic N) is 4. The molecule has 0 aliphatic carbocycles. The largest absolute Gasteiger partial charge is 0.507 e. The third-order valence-electron chi connectivity index (χ3n) is 7.44. The zero-order valence-corrected chi connectivity index (χ0v) is 28.2. The van der Waals surface area contributed by atoms with Crippen LogP contribution in [0.1, 0.15) is 22.3 Å². The number of halogens is 2. The molecule has 44 heavy (non-hydrogen) atoms. The van der Waals surface area contributed by atoms with E-state index in [0.717, 1.165) is 22.3 Å². The summed E-state index contributed by atoms with van der Waals surface area (Å²) in [5.74, 6) is 0.550. The van der Waals surface area contributed by atoms with E-state index in [2.05, 4.69) is 19.6 Å². The Kier molecular flexibility index (Phi) is 16.5. The van der Waals surface area contributed by atoms with Gasteiger partial charge in [-0.25, -0.2) is 0 Å². The van der Waals surface area contributed by atoms with Crippen LogP contribution in [0.3, 0.4) is 0 Å². The summed E-state index contributed by atoms with van der Waals surface area (Å²) >= 11 is 12.8. The van der Waals surface area contributed by atoms with Crippen molar-refractivity contribution in [3.05, 3.63) is 56.6 Å². The van der Waals surface area contributed by atoms with Crippen molar-refractivity contribution in [1.82, 2.24) is 19.6 Å². The molecule has 2 aromatic carbocycles. The molecule has 3 rings (SSSR count). The number of hydrogen-bond acceptors (Lipinski definition) is 10. The van der Waals surface area contributed by atoms with Crippen LogP contribution in [0.25, 0.3) is 0 Å². The zero-order valence-electron chi connectivity index (χ0n) is 26.7. The second-order valence-electron chi connectivity index (χ2n) is 11.5. The van der Waals surface area contributed by atoms with Crippen molar-refractivity contribution in [3.8, 4) is 11.5 Å². The maximum absolute atomic E-state index is 11.0. The van der Waals surface area contributed by atoms with Gasteiger partial charge in [0.15, 0.2) is 0 Å². The van der Waals surface area contributed by atoms with E-state index in [9.17, 15) is 10.2 Å². The van der Waals surface area contributed by atoms with Gasteiger partial charge in [0.25, 0.3) is 0 Å². The van der Waals surface area contributed by atoms with Crippen LogP contribution in [-0.2, 0) is 45.1 Å². The van der Waals surface area contributed by atoms with Gasteiger partial charge in [-0.1, -0.05) is 23.2 Å². The number of benzene rings is 2. The number of likely N-dealkylation sites (N-methyl/N-ethyl adjacent to an activating group) is 4. The molecule has 0 spiro atoms. The van der Waals surface area contributed by atoms with Gasteiger partial charge >= 0.3 is 0 Å². The topological polar surface area (TPSA) is 90.3 Å². The summed E-state index contributed by atoms with van der Waals surface area (Å²) in [5.41, 5.74) is 3.16. The van der Waals surface area contributed by atoms with Crippen LogP contribution in [0.15, 0.2) is 24.3 Å². The predicted octanol–water partition coefficient (Wildman–Crippen LogP) is 3.91. The molecule has 0 saturated heterocycles. The standard InChI is InChI=1S/C32H50Cl2N4O6/c1-35-5-9-41-13-14-42-10-7-37(3)23-27-19-30(34)20-28(32(27)40)24-38(4)8-12-44-16-15-43-11-6-36(2)22-26-18-29(33)17-25(21-35)31(26)39/h17-20,39-40H,5-16,21-24H2,1-4H3. The number of rotatable bonds is 0. The van der Waals surface area contributed by atoms with Crippen LogP contribution >= 0.6 is 23.2 Å². The Bertz CT molecular complexity index is 978. The van der Waals surface area contributed by atoms with E-state index < -0.39 is 0 Å². The van der Waals surface area contributed by atoms with E-state index in [4.69, 9.17) is 42.1 Å². The van der Waals surface area contributed by atoms with Gasteiger partial charge in [-0.2, -0.15) is 0 Å². The molecular formula is C32H50Cl2N4O6. The Morgan fingerprint density at radius 2 is 0.682 bits per heavy atom. The van der Waals surface area contributed by atoms with Crippen molar-refractivity contribution in [2.75, 3.05) is 107 Å². The molecule has 0 unspecified atom stereocenters. The Morgan fingerprint density at radius 3 is 0.909 bits per heavy atom. The smallest absolute Gasteiger partial charge is 0.124 e. The fraction of sp³-hybridized carbons (Fsp3) is 0.625. The Hall–Kier alpha value is -1.70. The van der Waals surface area contributed by atoms with Crippen molar-refractivity contribution < 1.29 is 29.2 Å². The number of fused-ring (bicyclic) bond motifs is 4. The minimum atomic E-state index is 0.275. The highest BCUT2D eigenvalue weighted by atomic mass is 35.5. The van der Waals surface area contributed by atoms with E-state index in [1.807, 2.05) is 52.5 Å². The molecule has 0 atom stereocenters. The highest BCUT2D eigenvalue weighted by molar-refractivity contribution is 6.31. The minimum Gasteiger partial charge on any atom is -0.507 e. The van der Waals surface area contributed by atoms with Crippen molar-refractivity contribution in [2.24, 2.45) is 0 Å². The SMILES string of the molecule is CN1CCOCCOCCN(C)Cc2cc(Cl)cc(c2O)CN(C)CCOCCOCCN(C)Cc2cc(Cl)cc(c2O)C1. The minimum absolute atomic E-state index is 0.275. The lowest BCUT2D eigenvalue weighted by molar-refractivity contribution is 0.0336. The van der Waals surface area contributed by atoms with Gasteiger partial charge in [0.1, 0.15) is 11.5 Å². The van der Waals surface area contributed by atoms with Crippen molar-refractivity contribution in [1.29, 1.82) is 0 Å². The number of phenols is 2. The Morgan fingerprint density at radius 1 is 0.455 bits per heavy atom. The first kappa shape index (κ1) is 36.8. The number of aromatic hydroxyl groups is 2. The molecule has 2 aromatic rings. The van der Waals surface area contributed by atoms with Crippen LogP contribution in [0.2, 0.25) is 10.0 Å². The quantitative estimate of drug-likeness (QED) is 0.435. The second-order valence-corrected chi connectivity index (χ2v) is 12.4. The summed E-state index contributed by atoms with van der Waals surface area (Å²) in [4.78, 5) is 8.38. The lowest BCUT2D eigenvalue weighted by Gasteiger charge is -2.22. The average molecular weight is 658 g/mol. The van der Waals surface area contributed by atoms with E-state index in [-0.39, 0.29) is 11.5 Å². The van der Waals surface area contributed by atoms with Crippen molar-refractivity contribution >= 4 is 23.2 Å². The fourth-order valence-corrected chi connectivity index (χ4v) is 5.45. The first-order valence-corrected chi connectivity index (χ1v) is 15.9. The van der Waals surface area contributed by atoms with Gasteiger partial charge in [-0.3, -0.25) is 19.6 Å². The molecule has 12 heteroatoms. The summed E-state index contributed by atoms with van der Waals surface area (Å²) in [6, 6.07) is 7.27. The summed E-state index contributed by atoms with van der Waals surface area (Å²) in [5, 5.41) is 23.1. The molecule has 1 aliphatic rings. The van der Waals surface area contributed by atoms with Crippen LogP contribution < -0.4 is 0 Å². The number of ether oxygens (including phenoxy) is 4. The highest BCUT2D eigenvalue weighted by Crippen LogP contribution is 2.30. The third-order valence-corrected chi connectivity index (χ3v) is 7.88. The number of hydrogen-bond donors (Lipinski definition) is 2. The maximum atomic E-state index is 11.0. The Labute approximate surface area is 272 Å². The van der Waals surface area contributed by atoms with E-state index in [1.165, 1.54) is 0 Å². The molecule has 1 aliphatic heterocycles. The normalized spacial score (nSPS) is 20.3. The van der Waals surface area contributed by atoms with Crippen LogP contribution in [0.4, 0.5) is 0 Å². The first-order chi connectivity index (χ1) is 21.1. The summed E-state index contributed by atoms with van der Waals surface area (Å²) in [6.07, 6.45) is 0. The van der Waals surface area contributed by atoms with Gasteiger partial charge in [0.2, 0.25) is 0 Å². The lowest BCUT2D eigenvalue weighted by atomic mass is 10.1. The molecule has 0 aromatic heterocycles. The van der Waals surface area contributed by atoms with Gasteiger partial charge in [0, 0.05) is 84.7 Å². The van der Waals surface area contributed by atoms with Gasteiger partial charge in [0.05, 0.1) is 52.9 Å². The third kappa shape index (κ3) is 13.3. The molecular weight excluding hydrogens is 607 g/mol. The van der Waals surface area contributed by atoms with E-state index in [0.29, 0.717) is 115 Å². The summed E-state index contributed by atoms with van der Waals surface area (Å²) in [7, 11) is 7.96.